The van der Waals surface area contributed by atoms with Crippen LogP contribution in [0.2, 0.25) is 0 Å². The Bertz CT molecular complexity index is 1210. The van der Waals surface area contributed by atoms with Gasteiger partial charge in [0.25, 0.3) is 10.1 Å². The molecule has 0 amide bonds. The van der Waals surface area contributed by atoms with Gasteiger partial charge in [-0.25, -0.2) is 0 Å². The molecule has 27 heavy (non-hydrogen) atoms. The van der Waals surface area contributed by atoms with Crippen LogP contribution in [0.1, 0.15) is 26.3 Å². The minimum Gasteiger partial charge on any atom is -0.768 e. The van der Waals surface area contributed by atoms with Crippen LogP contribution in [-0.2, 0) is 27.6 Å². The highest BCUT2D eigenvalue weighted by Gasteiger charge is 2.35. The van der Waals surface area contributed by atoms with E-state index in [0.29, 0.717) is 11.3 Å². The van der Waals surface area contributed by atoms with Crippen molar-refractivity contribution in [2.24, 2.45) is 0 Å². The molecule has 0 saturated heterocycles. The number of carbonyl (C=O) groups is 2. The second kappa shape index (κ2) is 5.92. The SMILES string of the molecule is O=C1/C(=C2\Nc3ccc(S(=O)[O-])cc3C2=O)Cc2ccc(S(=O)(=O)O)cc21. The van der Waals surface area contributed by atoms with E-state index in [2.05, 4.69) is 5.32 Å². The maximum atomic E-state index is 12.7. The smallest absolute Gasteiger partial charge is 0.294 e. The monoisotopic (exact) mass is 404 g/mol. The van der Waals surface area contributed by atoms with Gasteiger partial charge in [-0.05, 0) is 47.0 Å². The van der Waals surface area contributed by atoms with Gasteiger partial charge in [-0.1, -0.05) is 6.07 Å². The second-order valence-electron chi connectivity index (χ2n) is 6.05. The van der Waals surface area contributed by atoms with E-state index in [4.69, 9.17) is 4.55 Å². The first-order valence-electron chi connectivity index (χ1n) is 7.60. The van der Waals surface area contributed by atoms with Crippen molar-refractivity contribution >= 4 is 38.5 Å². The molecular weight excluding hydrogens is 394 g/mol. The third kappa shape index (κ3) is 2.82. The molecule has 0 fully saturated rings. The fraction of sp³-hybridized carbons (Fsp3) is 0.0588. The molecule has 0 spiro atoms. The van der Waals surface area contributed by atoms with Crippen LogP contribution in [0.4, 0.5) is 5.69 Å². The summed E-state index contributed by atoms with van der Waals surface area (Å²) in [6.07, 6.45) is 0.113. The number of carbonyl (C=O) groups excluding carboxylic acids is 2. The van der Waals surface area contributed by atoms with Gasteiger partial charge in [0.05, 0.1) is 10.6 Å². The fourth-order valence-electron chi connectivity index (χ4n) is 3.18. The third-order valence-corrected chi connectivity index (χ3v) is 5.97. The summed E-state index contributed by atoms with van der Waals surface area (Å²) < 4.78 is 53.9. The highest BCUT2D eigenvalue weighted by Crippen LogP contribution is 2.36. The van der Waals surface area contributed by atoms with Crippen molar-refractivity contribution in [1.29, 1.82) is 0 Å². The summed E-state index contributed by atoms with van der Waals surface area (Å²) in [5.41, 5.74) is 1.35. The topological polar surface area (TPSA) is 141 Å². The van der Waals surface area contributed by atoms with Crippen LogP contribution < -0.4 is 5.32 Å². The minimum absolute atomic E-state index is 0.0356. The van der Waals surface area contributed by atoms with E-state index in [9.17, 15) is 26.8 Å². The van der Waals surface area contributed by atoms with Crippen molar-refractivity contribution in [1.82, 2.24) is 0 Å². The number of hydrogen-bond acceptors (Lipinski definition) is 7. The molecule has 2 aromatic rings. The summed E-state index contributed by atoms with van der Waals surface area (Å²) in [6, 6.07) is 7.67. The molecule has 0 aromatic heterocycles. The molecule has 1 heterocycles. The van der Waals surface area contributed by atoms with Gasteiger partial charge >= 0.3 is 0 Å². The number of anilines is 1. The maximum absolute atomic E-state index is 12.7. The molecule has 8 nitrogen and oxygen atoms in total. The average molecular weight is 404 g/mol. The van der Waals surface area contributed by atoms with Gasteiger partial charge < -0.3 is 9.87 Å². The van der Waals surface area contributed by atoms with E-state index in [1.807, 2.05) is 0 Å². The lowest BCUT2D eigenvalue weighted by Crippen LogP contribution is -2.10. The number of allylic oxidation sites excluding steroid dienone is 2. The molecule has 0 radical (unpaired) electrons. The Morgan fingerprint density at radius 1 is 1.04 bits per heavy atom. The summed E-state index contributed by atoms with van der Waals surface area (Å²) in [6.45, 7) is 0. The van der Waals surface area contributed by atoms with Gasteiger partial charge in [-0.15, -0.1) is 0 Å². The zero-order valence-corrected chi connectivity index (χ0v) is 15.0. The fourth-order valence-corrected chi connectivity index (χ4v) is 4.08. The normalized spacial score (nSPS) is 19.6. The van der Waals surface area contributed by atoms with Crippen LogP contribution in [0.3, 0.4) is 0 Å². The number of fused-ring (bicyclic) bond motifs is 2. The Morgan fingerprint density at radius 2 is 1.78 bits per heavy atom. The summed E-state index contributed by atoms with van der Waals surface area (Å²) in [5.74, 6) is -1.03. The molecule has 4 rings (SSSR count). The molecule has 2 aliphatic rings. The first-order valence-corrected chi connectivity index (χ1v) is 10.1. The van der Waals surface area contributed by atoms with Gasteiger partial charge in [-0.2, -0.15) is 8.42 Å². The second-order valence-corrected chi connectivity index (χ2v) is 8.41. The molecule has 1 unspecified atom stereocenters. The van der Waals surface area contributed by atoms with Gasteiger partial charge in [0, 0.05) is 33.7 Å². The van der Waals surface area contributed by atoms with Crippen LogP contribution in [-0.4, -0.2) is 33.3 Å². The quantitative estimate of drug-likeness (QED) is 0.435. The van der Waals surface area contributed by atoms with Crippen molar-refractivity contribution in [2.45, 2.75) is 16.2 Å². The lowest BCUT2D eigenvalue weighted by molar-refractivity contribution is 0.101. The van der Waals surface area contributed by atoms with Crippen LogP contribution in [0.15, 0.2) is 57.5 Å². The van der Waals surface area contributed by atoms with Crippen LogP contribution in [0.5, 0.6) is 0 Å². The molecular formula is C17H10NO7S2-. The molecule has 1 aliphatic heterocycles. The molecule has 2 aromatic carbocycles. The first-order chi connectivity index (χ1) is 12.7. The van der Waals surface area contributed by atoms with Gasteiger partial charge in [0.15, 0.2) is 5.78 Å². The zero-order chi connectivity index (χ0) is 19.5. The highest BCUT2D eigenvalue weighted by atomic mass is 32.2. The molecule has 1 atom stereocenters. The number of Topliss-reactive ketones (excluding diaryl/α,β-unsaturated/α-hetero) is 2. The summed E-state index contributed by atoms with van der Waals surface area (Å²) >= 11 is -2.49. The van der Waals surface area contributed by atoms with Crippen molar-refractivity contribution in [2.75, 3.05) is 5.32 Å². The van der Waals surface area contributed by atoms with Crippen molar-refractivity contribution in [3.05, 3.63) is 64.4 Å². The number of nitrogens with one attached hydrogen (secondary N) is 1. The standard InChI is InChI=1S/C17H11NO7S2/c19-16-11-7-10(27(23,24)25)3-1-8(11)5-13(16)15-17(20)12-6-9(26(21)22)2-4-14(12)18-15/h1-4,6-7,18H,5H2,(H,21,22)(H,23,24,25)/p-1/b15-13-. The Morgan fingerprint density at radius 3 is 2.44 bits per heavy atom. The van der Waals surface area contributed by atoms with Crippen molar-refractivity contribution in [3.8, 4) is 0 Å². The summed E-state index contributed by atoms with van der Waals surface area (Å²) in [7, 11) is -4.46. The van der Waals surface area contributed by atoms with Crippen LogP contribution in [0.25, 0.3) is 0 Å². The number of rotatable bonds is 2. The largest absolute Gasteiger partial charge is 0.768 e. The number of ketones is 2. The van der Waals surface area contributed by atoms with E-state index < -0.39 is 37.7 Å². The Hall–Kier alpha value is -2.66. The molecule has 0 bridgehead atoms. The summed E-state index contributed by atoms with van der Waals surface area (Å²) in [4.78, 5) is 24.9. The van der Waals surface area contributed by atoms with Gasteiger partial charge in [0.2, 0.25) is 5.78 Å². The highest BCUT2D eigenvalue weighted by molar-refractivity contribution is 7.85. The molecule has 0 saturated carbocycles. The first kappa shape index (κ1) is 17.7. The molecule has 1 aliphatic carbocycles. The van der Waals surface area contributed by atoms with Gasteiger partial charge in [-0.3, -0.25) is 18.4 Å². The molecule has 138 valence electrons. The predicted molar refractivity (Wildman–Crippen MR) is 92.9 cm³/mol. The third-order valence-electron chi connectivity index (χ3n) is 4.48. The predicted octanol–water partition coefficient (Wildman–Crippen LogP) is 1.47. The number of hydrogen-bond donors (Lipinski definition) is 2. The average Bonchev–Trinajstić information content (AvgIpc) is 3.11. The minimum atomic E-state index is -4.46. The summed E-state index contributed by atoms with van der Waals surface area (Å²) in [5, 5.41) is 2.84. The Kier molecular flexibility index (Phi) is 3.89. The van der Waals surface area contributed by atoms with E-state index in [0.717, 1.165) is 6.07 Å². The maximum Gasteiger partial charge on any atom is 0.294 e. The Balaban J connectivity index is 1.78. The van der Waals surface area contributed by atoms with E-state index >= 15 is 0 Å². The Labute approximate surface area is 155 Å². The number of benzene rings is 2. The van der Waals surface area contributed by atoms with Crippen molar-refractivity contribution < 1.29 is 31.3 Å². The van der Waals surface area contributed by atoms with Crippen LogP contribution in [0, 0.1) is 0 Å². The molecule has 2 N–H and O–H groups in total. The van der Waals surface area contributed by atoms with Crippen molar-refractivity contribution in [3.63, 3.8) is 0 Å². The van der Waals surface area contributed by atoms with Gasteiger partial charge in [0.1, 0.15) is 0 Å². The van der Waals surface area contributed by atoms with E-state index in [1.54, 1.807) is 0 Å². The van der Waals surface area contributed by atoms with E-state index in [-0.39, 0.29) is 33.7 Å². The molecule has 10 heteroatoms. The van der Waals surface area contributed by atoms with Crippen LogP contribution >= 0.6 is 0 Å². The lowest BCUT2D eigenvalue weighted by atomic mass is 10.1. The zero-order valence-electron chi connectivity index (χ0n) is 13.4. The van der Waals surface area contributed by atoms with E-state index in [1.165, 1.54) is 30.3 Å². The lowest BCUT2D eigenvalue weighted by Gasteiger charge is -2.05.